The molecule has 2 amide bonds. The highest BCUT2D eigenvalue weighted by Crippen LogP contribution is 2.34. The summed E-state index contributed by atoms with van der Waals surface area (Å²) in [6, 6.07) is 9.63. The number of amides is 2. The fourth-order valence-electron chi connectivity index (χ4n) is 4.55. The zero-order chi connectivity index (χ0) is 32.0. The molecule has 0 radical (unpaired) electrons. The second-order valence-electron chi connectivity index (χ2n) is 11.1. The molecule has 44 heavy (non-hydrogen) atoms. The van der Waals surface area contributed by atoms with Crippen molar-refractivity contribution in [3.8, 4) is 11.5 Å². The van der Waals surface area contributed by atoms with Gasteiger partial charge in [0, 0.05) is 59.6 Å². The average Bonchev–Trinajstić information content (AvgIpc) is 3.55. The molecular weight excluding hydrogens is 584 g/mol. The van der Waals surface area contributed by atoms with Crippen LogP contribution < -0.4 is 10.6 Å². The van der Waals surface area contributed by atoms with Crippen LogP contribution in [-0.4, -0.2) is 57.1 Å². The molecule has 2 aromatic carbocycles. The number of hydrogen-bond donors (Lipinski definition) is 2. The summed E-state index contributed by atoms with van der Waals surface area (Å²) in [5.74, 6) is 0.201. The summed E-state index contributed by atoms with van der Waals surface area (Å²) in [7, 11) is 3.33. The number of benzene rings is 2. The van der Waals surface area contributed by atoms with Crippen LogP contribution in [0.15, 0.2) is 65.0 Å². The van der Waals surface area contributed by atoms with Gasteiger partial charge in [0.15, 0.2) is 5.82 Å². The van der Waals surface area contributed by atoms with Crippen molar-refractivity contribution < 1.29 is 23.6 Å². The van der Waals surface area contributed by atoms with E-state index >= 15 is 0 Å². The Morgan fingerprint density at radius 2 is 1.95 bits per heavy atom. The van der Waals surface area contributed by atoms with E-state index < -0.39 is 23.5 Å². The molecular formula is C32H37ClN6O5. The number of aromatic nitrogens is 4. The lowest BCUT2D eigenvalue weighted by Gasteiger charge is -2.23. The number of methoxy groups -OCH3 is 1. The van der Waals surface area contributed by atoms with Gasteiger partial charge in [-0.2, -0.15) is 10.1 Å². The molecule has 2 aromatic heterocycles. The molecule has 0 bridgehead atoms. The van der Waals surface area contributed by atoms with E-state index in [2.05, 4.69) is 25.9 Å². The van der Waals surface area contributed by atoms with Gasteiger partial charge in [-0.05, 0) is 82.7 Å². The predicted molar refractivity (Wildman–Crippen MR) is 170 cm³/mol. The molecule has 0 saturated heterocycles. The zero-order valence-corrected chi connectivity index (χ0v) is 26.7. The van der Waals surface area contributed by atoms with Gasteiger partial charge in [0.2, 0.25) is 11.8 Å². The Morgan fingerprint density at radius 3 is 2.61 bits per heavy atom. The highest BCUT2D eigenvalue weighted by Gasteiger charge is 2.24. The second-order valence-corrected chi connectivity index (χ2v) is 11.6. The third kappa shape index (κ3) is 8.33. The quantitative estimate of drug-likeness (QED) is 0.121. The molecule has 0 fully saturated rings. The van der Waals surface area contributed by atoms with Crippen LogP contribution in [0.1, 0.15) is 45.5 Å². The highest BCUT2D eigenvalue weighted by molar-refractivity contribution is 6.31. The Balaban J connectivity index is 1.66. The monoisotopic (exact) mass is 620 g/mol. The van der Waals surface area contributed by atoms with Crippen molar-refractivity contribution in [2.24, 2.45) is 7.05 Å². The molecule has 4 aromatic rings. The summed E-state index contributed by atoms with van der Waals surface area (Å²) in [4.78, 5) is 31.5. The maximum atomic E-state index is 13.6. The number of ether oxygens (including phenoxy) is 2. The fourth-order valence-corrected chi connectivity index (χ4v) is 4.72. The molecule has 0 aliphatic rings. The number of fused-ring (bicyclic) bond motifs is 1. The van der Waals surface area contributed by atoms with Gasteiger partial charge in [-0.15, -0.1) is 0 Å². The van der Waals surface area contributed by atoms with E-state index in [1.165, 1.54) is 13.2 Å². The lowest BCUT2D eigenvalue weighted by atomic mass is 9.97. The number of nitrogens with one attached hydrogen (secondary N) is 2. The predicted octanol–water partition coefficient (Wildman–Crippen LogP) is 5.85. The minimum absolute atomic E-state index is 0.234. The van der Waals surface area contributed by atoms with Crippen LogP contribution >= 0.6 is 11.6 Å². The van der Waals surface area contributed by atoms with E-state index in [0.29, 0.717) is 39.0 Å². The van der Waals surface area contributed by atoms with E-state index in [1.54, 1.807) is 48.9 Å². The van der Waals surface area contributed by atoms with Crippen LogP contribution in [0.2, 0.25) is 5.02 Å². The topological polar surface area (TPSA) is 133 Å². The molecule has 2 N–H and O–H groups in total. The van der Waals surface area contributed by atoms with E-state index in [-0.39, 0.29) is 18.9 Å². The fraction of sp³-hybridized carbons (Fsp3) is 0.344. The average molecular weight is 621 g/mol. The summed E-state index contributed by atoms with van der Waals surface area (Å²) >= 11 is 6.39. The maximum Gasteiger partial charge on any atom is 0.258 e. The van der Waals surface area contributed by atoms with E-state index in [1.807, 2.05) is 46.1 Å². The Hall–Kier alpha value is -4.48. The first-order chi connectivity index (χ1) is 20.9. The van der Waals surface area contributed by atoms with Gasteiger partial charge in [-0.1, -0.05) is 16.8 Å². The number of nitrogens with zero attached hydrogens (tertiary/aromatic N) is 4. The van der Waals surface area contributed by atoms with Crippen molar-refractivity contribution in [1.29, 1.82) is 0 Å². The van der Waals surface area contributed by atoms with E-state index in [4.69, 9.17) is 25.6 Å². The first kappa shape index (κ1) is 32.4. The first-order valence-corrected chi connectivity index (χ1v) is 14.5. The van der Waals surface area contributed by atoms with Gasteiger partial charge < -0.3 is 24.6 Å². The van der Waals surface area contributed by atoms with Crippen LogP contribution in [0.5, 0.6) is 0 Å². The standard InChI is InChI=1S/C32H37ClN6O5/c1-8-28(42-7)25(24-16-21(33)9-11-23(24)31-34-19(2)38-44-31)17-29(40)36-27(13-14-43-32(3,4)5)30(41)35-22-10-12-26-20(15-22)18-39(6)37-26/h8-12,15-18,27H,13-14H2,1-7H3,(H,35,41)(H,36,40)/b25-17-,28-8+. The molecule has 0 aliphatic heterocycles. The molecule has 0 saturated carbocycles. The summed E-state index contributed by atoms with van der Waals surface area (Å²) in [6.45, 7) is 9.52. The summed E-state index contributed by atoms with van der Waals surface area (Å²) in [5, 5.41) is 15.3. The number of aryl methyl sites for hydroxylation is 2. The minimum Gasteiger partial charge on any atom is -0.496 e. The zero-order valence-electron chi connectivity index (χ0n) is 25.9. The van der Waals surface area contributed by atoms with Crippen LogP contribution in [-0.2, 0) is 26.1 Å². The number of halogens is 1. The van der Waals surface area contributed by atoms with Gasteiger partial charge in [-0.25, -0.2) is 0 Å². The van der Waals surface area contributed by atoms with Crippen LogP contribution in [0.3, 0.4) is 0 Å². The van der Waals surface area contributed by atoms with E-state index in [9.17, 15) is 9.59 Å². The minimum atomic E-state index is -0.916. The number of rotatable bonds is 11. The molecule has 232 valence electrons. The molecule has 1 unspecified atom stereocenters. The lowest BCUT2D eigenvalue weighted by Crippen LogP contribution is -2.44. The van der Waals surface area contributed by atoms with Crippen LogP contribution in [0, 0.1) is 6.92 Å². The van der Waals surface area contributed by atoms with Crippen LogP contribution in [0.4, 0.5) is 5.69 Å². The number of carbonyl (C=O) groups excluding carboxylic acids is 2. The van der Waals surface area contributed by atoms with Crippen LogP contribution in [0.25, 0.3) is 27.9 Å². The van der Waals surface area contributed by atoms with Crippen molar-refractivity contribution in [1.82, 2.24) is 25.2 Å². The molecule has 4 rings (SSSR count). The number of carbonyl (C=O) groups is 2. The molecule has 2 heterocycles. The third-order valence-electron chi connectivity index (χ3n) is 6.51. The van der Waals surface area contributed by atoms with Gasteiger partial charge >= 0.3 is 0 Å². The van der Waals surface area contributed by atoms with Gasteiger partial charge in [0.25, 0.3) is 5.89 Å². The van der Waals surface area contributed by atoms with Crippen molar-refractivity contribution in [2.45, 2.75) is 52.7 Å². The van der Waals surface area contributed by atoms with Gasteiger partial charge in [0.1, 0.15) is 11.8 Å². The number of hydrogen-bond acceptors (Lipinski definition) is 8. The summed E-state index contributed by atoms with van der Waals surface area (Å²) in [5.41, 5.74) is 2.47. The summed E-state index contributed by atoms with van der Waals surface area (Å²) in [6.07, 6.45) is 5.18. The molecule has 1 atom stereocenters. The number of anilines is 1. The third-order valence-corrected chi connectivity index (χ3v) is 6.75. The molecule has 0 aliphatic carbocycles. The van der Waals surface area contributed by atoms with Gasteiger partial charge in [-0.3, -0.25) is 14.3 Å². The molecule has 11 nitrogen and oxygen atoms in total. The Morgan fingerprint density at radius 1 is 1.18 bits per heavy atom. The SMILES string of the molecule is C/C=C(OC)\C(=C/C(=O)NC(CCOC(C)(C)C)C(=O)Nc1ccc2nn(C)cc2c1)c1cc(Cl)ccc1-c1nc(C)no1. The summed E-state index contributed by atoms with van der Waals surface area (Å²) < 4.78 is 18.6. The largest absolute Gasteiger partial charge is 0.496 e. The lowest BCUT2D eigenvalue weighted by molar-refractivity contribution is -0.124. The molecule has 12 heteroatoms. The van der Waals surface area contributed by atoms with Crippen molar-refractivity contribution in [3.63, 3.8) is 0 Å². The van der Waals surface area contributed by atoms with Crippen molar-refractivity contribution in [2.75, 3.05) is 19.0 Å². The van der Waals surface area contributed by atoms with E-state index in [0.717, 1.165) is 10.9 Å². The Kier molecular flexibility index (Phi) is 10.2. The smallest absolute Gasteiger partial charge is 0.258 e. The van der Waals surface area contributed by atoms with Gasteiger partial charge in [0.05, 0.1) is 18.2 Å². The highest BCUT2D eigenvalue weighted by atomic mass is 35.5. The van der Waals surface area contributed by atoms with Crippen molar-refractivity contribution >= 4 is 45.6 Å². The van der Waals surface area contributed by atoms with Crippen molar-refractivity contribution in [3.05, 3.63) is 76.9 Å². The first-order valence-electron chi connectivity index (χ1n) is 14.1. The number of allylic oxidation sites excluding steroid dienone is 2. The molecule has 0 spiro atoms. The second kappa shape index (κ2) is 13.9. The Bertz CT molecular complexity index is 1720. The Labute approximate surface area is 261 Å². The normalized spacial score (nSPS) is 13.2. The maximum absolute atomic E-state index is 13.6.